The lowest BCUT2D eigenvalue weighted by Crippen LogP contribution is -3.07. The van der Waals surface area contributed by atoms with Gasteiger partial charge in [0.1, 0.15) is 17.3 Å². The topological polar surface area (TPSA) is 51.6 Å². The molecule has 2 aromatic rings. The van der Waals surface area contributed by atoms with Crippen molar-refractivity contribution in [3.05, 3.63) is 50.8 Å². The van der Waals surface area contributed by atoms with E-state index in [9.17, 15) is 5.26 Å². The van der Waals surface area contributed by atoms with Crippen LogP contribution in [0.2, 0.25) is 0 Å². The smallest absolute Gasteiger partial charge is 0.161 e. The van der Waals surface area contributed by atoms with Gasteiger partial charge in [0.05, 0.1) is 26.8 Å². The molecule has 0 saturated carbocycles. The van der Waals surface area contributed by atoms with Crippen molar-refractivity contribution < 1.29 is 14.4 Å². The molecule has 2 rings (SSSR count). The minimum absolute atomic E-state index is 0.599. The van der Waals surface area contributed by atoms with Gasteiger partial charge in [-0.1, -0.05) is 12.2 Å². The normalized spacial score (nSPS) is 11.7. The van der Waals surface area contributed by atoms with Crippen molar-refractivity contribution in [2.75, 3.05) is 21.3 Å². The maximum absolute atomic E-state index is 9.45. The van der Waals surface area contributed by atoms with Gasteiger partial charge < -0.3 is 14.4 Å². The van der Waals surface area contributed by atoms with Crippen molar-refractivity contribution in [3.8, 4) is 17.6 Å². The molecule has 1 aromatic heterocycles. The van der Waals surface area contributed by atoms with Crippen LogP contribution in [-0.4, -0.2) is 25.8 Å². The highest BCUT2D eigenvalue weighted by molar-refractivity contribution is 7.71. The van der Waals surface area contributed by atoms with Crippen LogP contribution in [-0.2, 0) is 13.2 Å². The van der Waals surface area contributed by atoms with E-state index in [0.29, 0.717) is 16.9 Å². The monoisotopic (exact) mass is 372 g/mol. The summed E-state index contributed by atoms with van der Waals surface area (Å²) >= 11 is 5.57. The molecule has 1 atom stereocenters. The fourth-order valence-electron chi connectivity index (χ4n) is 3.10. The van der Waals surface area contributed by atoms with E-state index in [1.807, 2.05) is 32.0 Å². The molecular formula is C20H26N3O2S+. The van der Waals surface area contributed by atoms with Gasteiger partial charge in [0, 0.05) is 11.3 Å². The highest BCUT2D eigenvalue weighted by atomic mass is 32.1. The molecule has 1 aromatic carbocycles. The van der Waals surface area contributed by atoms with Gasteiger partial charge in [-0.25, -0.2) is 0 Å². The molecule has 1 N–H and O–H groups in total. The Labute approximate surface area is 160 Å². The van der Waals surface area contributed by atoms with E-state index in [0.717, 1.165) is 40.4 Å². The standard InChI is InChI=1S/C20H25N3O2S/c1-13-14(2)17(10-21)20(26)23(15(13)3)12-22(4)11-16-7-8-18(24-5)19(9-16)25-6/h7-9H,11-12H2,1-6H3/p+1. The van der Waals surface area contributed by atoms with Crippen LogP contribution in [0.15, 0.2) is 18.2 Å². The number of hydrogen-bond donors (Lipinski definition) is 1. The van der Waals surface area contributed by atoms with E-state index in [2.05, 4.69) is 24.6 Å². The summed E-state index contributed by atoms with van der Waals surface area (Å²) < 4.78 is 13.3. The highest BCUT2D eigenvalue weighted by Crippen LogP contribution is 2.27. The van der Waals surface area contributed by atoms with E-state index in [1.165, 1.54) is 4.90 Å². The Bertz CT molecular complexity index is 913. The second kappa shape index (κ2) is 8.35. The summed E-state index contributed by atoms with van der Waals surface area (Å²) in [5.74, 6) is 1.45. The Morgan fingerprint density at radius 1 is 1.12 bits per heavy atom. The molecular weight excluding hydrogens is 346 g/mol. The van der Waals surface area contributed by atoms with Gasteiger partial charge in [0.15, 0.2) is 18.2 Å². The number of quaternary nitrogens is 1. The summed E-state index contributed by atoms with van der Waals surface area (Å²) in [6.45, 7) is 7.55. The second-order valence-corrected chi connectivity index (χ2v) is 6.92. The molecule has 0 aliphatic carbocycles. The Morgan fingerprint density at radius 3 is 2.35 bits per heavy atom. The molecule has 0 aliphatic heterocycles. The quantitative estimate of drug-likeness (QED) is 0.792. The number of nitrogens with zero attached hydrogens (tertiary/aromatic N) is 2. The Kier molecular flexibility index (Phi) is 6.41. The van der Waals surface area contributed by atoms with Crippen LogP contribution < -0.4 is 14.4 Å². The molecule has 138 valence electrons. The molecule has 26 heavy (non-hydrogen) atoms. The first-order valence-corrected chi connectivity index (χ1v) is 8.87. The number of aromatic nitrogens is 1. The fraction of sp³-hybridized carbons (Fsp3) is 0.400. The first kappa shape index (κ1) is 20.0. The summed E-state index contributed by atoms with van der Waals surface area (Å²) in [4.78, 5) is 1.25. The van der Waals surface area contributed by atoms with Gasteiger partial charge in [-0.05, 0) is 50.1 Å². The van der Waals surface area contributed by atoms with Crippen LogP contribution in [0.5, 0.6) is 11.5 Å². The zero-order valence-corrected chi connectivity index (χ0v) is 17.1. The molecule has 6 heteroatoms. The lowest BCUT2D eigenvalue weighted by atomic mass is 10.0. The average molecular weight is 373 g/mol. The SMILES string of the molecule is COc1ccc(C[NH+](C)Cn2c(C)c(C)c(C)c(C#N)c2=S)cc1OC. The number of methoxy groups -OCH3 is 2. The zero-order chi connectivity index (χ0) is 19.4. The number of benzene rings is 1. The Balaban J connectivity index is 2.29. The average Bonchev–Trinajstić information content (AvgIpc) is 2.64. The lowest BCUT2D eigenvalue weighted by Gasteiger charge is -2.21. The maximum Gasteiger partial charge on any atom is 0.161 e. The van der Waals surface area contributed by atoms with Gasteiger partial charge in [-0.15, -0.1) is 0 Å². The molecule has 0 fully saturated rings. The molecule has 0 aliphatic rings. The molecule has 0 radical (unpaired) electrons. The minimum Gasteiger partial charge on any atom is -0.493 e. The van der Waals surface area contributed by atoms with Crippen molar-refractivity contribution in [3.63, 3.8) is 0 Å². The first-order chi connectivity index (χ1) is 12.3. The summed E-state index contributed by atoms with van der Waals surface area (Å²) in [5, 5.41) is 9.45. The van der Waals surface area contributed by atoms with Gasteiger partial charge in [0.2, 0.25) is 0 Å². The molecule has 5 nitrogen and oxygen atoms in total. The minimum atomic E-state index is 0.599. The number of nitrogens with one attached hydrogen (secondary N) is 1. The van der Waals surface area contributed by atoms with E-state index in [1.54, 1.807) is 14.2 Å². The van der Waals surface area contributed by atoms with Crippen LogP contribution in [0.1, 0.15) is 27.9 Å². The van der Waals surface area contributed by atoms with E-state index < -0.39 is 0 Å². The van der Waals surface area contributed by atoms with Crippen LogP contribution >= 0.6 is 12.2 Å². The third-order valence-electron chi connectivity index (χ3n) is 4.84. The molecule has 0 saturated heterocycles. The number of ether oxygens (including phenoxy) is 2. The van der Waals surface area contributed by atoms with Crippen molar-refractivity contribution >= 4 is 12.2 Å². The largest absolute Gasteiger partial charge is 0.493 e. The highest BCUT2D eigenvalue weighted by Gasteiger charge is 2.15. The van der Waals surface area contributed by atoms with Gasteiger partial charge in [-0.3, -0.25) is 4.57 Å². The number of pyridine rings is 1. The second-order valence-electron chi connectivity index (χ2n) is 6.54. The molecule has 1 heterocycles. The Morgan fingerprint density at radius 2 is 1.77 bits per heavy atom. The summed E-state index contributed by atoms with van der Waals surface area (Å²) in [5.41, 5.74) is 4.95. The Hall–Kier alpha value is -2.36. The molecule has 0 spiro atoms. The van der Waals surface area contributed by atoms with Crippen LogP contribution in [0, 0.1) is 36.7 Å². The maximum atomic E-state index is 9.45. The third kappa shape index (κ3) is 3.90. The first-order valence-electron chi connectivity index (χ1n) is 8.46. The predicted octanol–water partition coefficient (Wildman–Crippen LogP) is 2.70. The summed E-state index contributed by atoms with van der Waals surface area (Å²) in [6.07, 6.45) is 0. The number of rotatable bonds is 6. The third-order valence-corrected chi connectivity index (χ3v) is 5.26. The van der Waals surface area contributed by atoms with Crippen LogP contribution in [0.3, 0.4) is 0 Å². The summed E-state index contributed by atoms with van der Waals surface area (Å²) in [6, 6.07) is 8.21. The zero-order valence-electron chi connectivity index (χ0n) is 16.3. The fourth-order valence-corrected chi connectivity index (χ4v) is 3.50. The van der Waals surface area contributed by atoms with Crippen molar-refractivity contribution in [2.45, 2.75) is 34.0 Å². The van der Waals surface area contributed by atoms with E-state index in [4.69, 9.17) is 21.7 Å². The van der Waals surface area contributed by atoms with E-state index in [-0.39, 0.29) is 0 Å². The summed E-state index contributed by atoms with van der Waals surface area (Å²) in [7, 11) is 5.38. The molecule has 1 unspecified atom stereocenters. The number of nitriles is 1. The van der Waals surface area contributed by atoms with Gasteiger partial charge in [-0.2, -0.15) is 5.26 Å². The van der Waals surface area contributed by atoms with Crippen LogP contribution in [0.4, 0.5) is 0 Å². The van der Waals surface area contributed by atoms with Crippen molar-refractivity contribution in [2.24, 2.45) is 0 Å². The van der Waals surface area contributed by atoms with E-state index >= 15 is 0 Å². The predicted molar refractivity (Wildman–Crippen MR) is 104 cm³/mol. The van der Waals surface area contributed by atoms with Gasteiger partial charge >= 0.3 is 0 Å². The number of hydrogen-bond acceptors (Lipinski definition) is 4. The van der Waals surface area contributed by atoms with Crippen molar-refractivity contribution in [1.29, 1.82) is 5.26 Å². The lowest BCUT2D eigenvalue weighted by molar-refractivity contribution is -0.917. The molecule has 0 bridgehead atoms. The molecule has 0 amide bonds. The van der Waals surface area contributed by atoms with Crippen molar-refractivity contribution in [1.82, 2.24) is 4.57 Å². The van der Waals surface area contributed by atoms with Crippen LogP contribution in [0.25, 0.3) is 0 Å². The van der Waals surface area contributed by atoms with Gasteiger partial charge in [0.25, 0.3) is 0 Å².